The molecule has 2 aliphatic rings. The number of benzene rings is 1. The van der Waals surface area contributed by atoms with Gasteiger partial charge in [0.15, 0.2) is 5.60 Å². The molecule has 0 radical (unpaired) electrons. The molecule has 0 saturated carbocycles. The minimum Gasteiger partial charge on any atom is -0.458 e. The Balaban J connectivity index is 1.59. The van der Waals surface area contributed by atoms with E-state index in [0.29, 0.717) is 35.5 Å². The highest BCUT2D eigenvalue weighted by Gasteiger charge is 2.45. The number of aliphatic hydroxyl groups is 1. The Morgan fingerprint density at radius 2 is 2.09 bits per heavy atom. The van der Waals surface area contributed by atoms with Crippen molar-refractivity contribution in [1.29, 1.82) is 0 Å². The van der Waals surface area contributed by atoms with Gasteiger partial charge in [-0.25, -0.2) is 9.78 Å². The van der Waals surface area contributed by atoms with Gasteiger partial charge in [0.2, 0.25) is 0 Å². The summed E-state index contributed by atoms with van der Waals surface area (Å²) in [5.74, 6) is -0.724. The summed E-state index contributed by atoms with van der Waals surface area (Å²) in [6.45, 7) is 7.75. The molecule has 0 spiro atoms. The summed E-state index contributed by atoms with van der Waals surface area (Å²) in [7, 11) is 0. The highest BCUT2D eigenvalue weighted by Crippen LogP contribution is 2.38. The van der Waals surface area contributed by atoms with Gasteiger partial charge in [-0.1, -0.05) is 24.2 Å². The van der Waals surface area contributed by atoms with E-state index in [1.54, 1.807) is 23.8 Å². The second-order valence-corrected chi connectivity index (χ2v) is 9.78. The SMILES string of the molecule is CCC1(O)C(=O)OCc2c1cc1n(c2=O)Cc2cc3c(CC=NOC(C)(C)C)cccc3nc2-1. The van der Waals surface area contributed by atoms with Crippen molar-refractivity contribution in [3.63, 3.8) is 0 Å². The summed E-state index contributed by atoms with van der Waals surface area (Å²) < 4.78 is 6.78. The minimum atomic E-state index is -1.83. The van der Waals surface area contributed by atoms with Crippen molar-refractivity contribution in [3.8, 4) is 11.4 Å². The van der Waals surface area contributed by atoms with Crippen LogP contribution in [0.3, 0.4) is 0 Å². The van der Waals surface area contributed by atoms with Gasteiger partial charge in [-0.15, -0.1) is 0 Å². The van der Waals surface area contributed by atoms with Crippen LogP contribution in [0.15, 0.2) is 40.3 Å². The van der Waals surface area contributed by atoms with Gasteiger partial charge in [-0.05, 0) is 51.0 Å². The molecule has 0 amide bonds. The molecule has 34 heavy (non-hydrogen) atoms. The lowest BCUT2D eigenvalue weighted by Crippen LogP contribution is -2.44. The third-order valence-electron chi connectivity index (χ3n) is 6.35. The molecule has 0 bridgehead atoms. The van der Waals surface area contributed by atoms with Crippen LogP contribution in [0.25, 0.3) is 22.3 Å². The van der Waals surface area contributed by atoms with Crippen molar-refractivity contribution < 1.29 is 19.5 Å². The van der Waals surface area contributed by atoms with Gasteiger partial charge in [-0.2, -0.15) is 0 Å². The maximum Gasteiger partial charge on any atom is 0.343 e. The molecule has 0 fully saturated rings. The zero-order valence-corrected chi connectivity index (χ0v) is 19.7. The fourth-order valence-electron chi connectivity index (χ4n) is 4.57. The van der Waals surface area contributed by atoms with Gasteiger partial charge in [0.1, 0.15) is 12.2 Å². The number of oxime groups is 1. The van der Waals surface area contributed by atoms with Crippen molar-refractivity contribution in [3.05, 3.63) is 62.9 Å². The van der Waals surface area contributed by atoms with Crippen LogP contribution in [0.2, 0.25) is 0 Å². The number of cyclic esters (lactones) is 1. The molecular weight excluding hydrogens is 434 g/mol. The summed E-state index contributed by atoms with van der Waals surface area (Å²) in [6, 6.07) is 9.68. The predicted molar refractivity (Wildman–Crippen MR) is 128 cm³/mol. The highest BCUT2D eigenvalue weighted by molar-refractivity contribution is 5.89. The molecule has 1 N–H and O–H groups in total. The second kappa shape index (κ2) is 7.77. The molecule has 2 aromatic heterocycles. The number of esters is 1. The standard InChI is InChI=1S/C26H27N3O5/c1-5-26(32)19-12-21-22-16(13-29(21)23(30)18(19)14-33-24(26)31)11-17-15(7-6-8-20(17)28-22)9-10-27-34-25(2,3)4/h6-8,10-12,32H,5,9,13-14H2,1-4H3. The number of fused-ring (bicyclic) bond motifs is 5. The number of carbonyl (C=O) groups excluding carboxylic acids is 1. The maximum absolute atomic E-state index is 13.3. The first-order valence-corrected chi connectivity index (χ1v) is 11.4. The lowest BCUT2D eigenvalue weighted by molar-refractivity contribution is -0.172. The smallest absolute Gasteiger partial charge is 0.343 e. The van der Waals surface area contributed by atoms with Crippen LogP contribution in [0.5, 0.6) is 0 Å². The van der Waals surface area contributed by atoms with Crippen molar-refractivity contribution in [1.82, 2.24) is 9.55 Å². The van der Waals surface area contributed by atoms with E-state index in [1.807, 2.05) is 39.0 Å². The Morgan fingerprint density at radius 1 is 1.29 bits per heavy atom. The molecule has 1 unspecified atom stereocenters. The Labute approximate surface area is 196 Å². The first-order valence-electron chi connectivity index (χ1n) is 11.4. The van der Waals surface area contributed by atoms with Gasteiger partial charge < -0.3 is 19.2 Å². The lowest BCUT2D eigenvalue weighted by Gasteiger charge is -2.31. The lowest BCUT2D eigenvalue weighted by atomic mass is 9.86. The third kappa shape index (κ3) is 3.49. The van der Waals surface area contributed by atoms with Crippen LogP contribution >= 0.6 is 0 Å². The van der Waals surface area contributed by atoms with Crippen LogP contribution in [-0.2, 0) is 39.5 Å². The summed E-state index contributed by atoms with van der Waals surface area (Å²) >= 11 is 0. The van der Waals surface area contributed by atoms with Gasteiger partial charge in [-0.3, -0.25) is 4.79 Å². The van der Waals surface area contributed by atoms with Crippen LogP contribution in [-0.4, -0.2) is 32.4 Å². The molecule has 1 atom stereocenters. The molecule has 176 valence electrons. The number of rotatable bonds is 4. The molecule has 0 aliphatic carbocycles. The fraction of sp³-hybridized carbons (Fsp3) is 0.385. The Morgan fingerprint density at radius 3 is 2.82 bits per heavy atom. The van der Waals surface area contributed by atoms with Crippen molar-refractivity contribution in [2.24, 2.45) is 5.16 Å². The Bertz CT molecular complexity index is 1420. The molecular formula is C26H27N3O5. The molecule has 5 rings (SSSR count). The number of hydrogen-bond donors (Lipinski definition) is 1. The molecule has 0 saturated heterocycles. The summed E-state index contributed by atoms with van der Waals surface area (Å²) in [5, 5.41) is 16.1. The topological polar surface area (TPSA) is 103 Å². The molecule has 3 aromatic rings. The summed E-state index contributed by atoms with van der Waals surface area (Å²) in [4.78, 5) is 35.9. The van der Waals surface area contributed by atoms with Crippen molar-refractivity contribution in [2.45, 2.75) is 64.9 Å². The Kier molecular flexibility index (Phi) is 5.09. The van der Waals surface area contributed by atoms with E-state index in [0.717, 1.165) is 22.0 Å². The van der Waals surface area contributed by atoms with E-state index in [2.05, 4.69) is 11.2 Å². The van der Waals surface area contributed by atoms with Gasteiger partial charge in [0, 0.05) is 29.1 Å². The van der Waals surface area contributed by atoms with Crippen molar-refractivity contribution in [2.75, 3.05) is 0 Å². The average Bonchev–Trinajstić information content (AvgIpc) is 3.15. The number of pyridine rings is 2. The molecule has 2 aliphatic heterocycles. The second-order valence-electron chi connectivity index (χ2n) is 9.78. The zero-order chi connectivity index (χ0) is 24.3. The first kappa shape index (κ1) is 22.3. The van der Waals surface area contributed by atoms with E-state index in [9.17, 15) is 14.7 Å². The van der Waals surface area contributed by atoms with Crippen LogP contribution in [0.1, 0.15) is 56.4 Å². The van der Waals surface area contributed by atoms with Crippen LogP contribution < -0.4 is 5.56 Å². The average molecular weight is 462 g/mol. The van der Waals surface area contributed by atoms with E-state index < -0.39 is 11.6 Å². The fourth-order valence-corrected chi connectivity index (χ4v) is 4.57. The first-order chi connectivity index (χ1) is 16.1. The largest absolute Gasteiger partial charge is 0.458 e. The number of aromatic nitrogens is 2. The normalized spacial score (nSPS) is 19.1. The number of hydrogen-bond acceptors (Lipinski definition) is 7. The minimum absolute atomic E-state index is 0.115. The zero-order valence-electron chi connectivity index (χ0n) is 19.7. The van der Waals surface area contributed by atoms with Crippen molar-refractivity contribution >= 4 is 23.1 Å². The van der Waals surface area contributed by atoms with E-state index in [4.69, 9.17) is 14.6 Å². The van der Waals surface area contributed by atoms with E-state index in [1.165, 1.54) is 0 Å². The molecule has 1 aromatic carbocycles. The highest BCUT2D eigenvalue weighted by atomic mass is 16.6. The van der Waals surface area contributed by atoms with E-state index >= 15 is 0 Å². The van der Waals surface area contributed by atoms with Gasteiger partial charge in [0.25, 0.3) is 5.56 Å². The predicted octanol–water partition coefficient (Wildman–Crippen LogP) is 3.42. The maximum atomic E-state index is 13.3. The monoisotopic (exact) mass is 461 g/mol. The quantitative estimate of drug-likeness (QED) is 0.284. The number of ether oxygens (including phenoxy) is 1. The summed E-state index contributed by atoms with van der Waals surface area (Å²) in [6.07, 6.45) is 2.44. The van der Waals surface area contributed by atoms with Crippen LogP contribution in [0.4, 0.5) is 0 Å². The van der Waals surface area contributed by atoms with E-state index in [-0.39, 0.29) is 24.2 Å². The summed E-state index contributed by atoms with van der Waals surface area (Å²) in [5.41, 5.74) is 2.25. The van der Waals surface area contributed by atoms with Gasteiger partial charge in [0.05, 0.1) is 29.0 Å². The third-order valence-corrected chi connectivity index (χ3v) is 6.35. The molecule has 8 nitrogen and oxygen atoms in total. The molecule has 8 heteroatoms. The number of nitrogens with zero attached hydrogens (tertiary/aromatic N) is 3. The van der Waals surface area contributed by atoms with Crippen LogP contribution in [0, 0.1) is 0 Å². The Hall–Kier alpha value is -3.52. The van der Waals surface area contributed by atoms with Gasteiger partial charge >= 0.3 is 5.97 Å². The molecule has 4 heterocycles. The number of carbonyl (C=O) groups is 1.